The van der Waals surface area contributed by atoms with E-state index in [4.69, 9.17) is 4.74 Å². The lowest BCUT2D eigenvalue weighted by molar-refractivity contribution is 0.343. The second-order valence-corrected chi connectivity index (χ2v) is 2.56. The fourth-order valence-electron chi connectivity index (χ4n) is 1.14. The zero-order chi connectivity index (χ0) is 7.84. The second-order valence-electron chi connectivity index (χ2n) is 2.56. The fraction of sp³-hybridized carbons (Fsp3) is 0.429. The van der Waals surface area contributed by atoms with Crippen LogP contribution in [0.15, 0.2) is 11.0 Å². The molecule has 0 fully saturated rings. The van der Waals surface area contributed by atoms with E-state index in [-0.39, 0.29) is 5.69 Å². The van der Waals surface area contributed by atoms with Gasteiger partial charge in [0.05, 0.1) is 6.61 Å². The van der Waals surface area contributed by atoms with Crippen LogP contribution in [0.5, 0.6) is 5.88 Å². The standard InChI is InChI=1S/C7H8N2O2/c1-9-4-5-2-3-11-6(5)8-7(9)10/h4H,2-3H2,1H3. The second kappa shape index (κ2) is 2.08. The molecule has 0 atom stereocenters. The van der Waals surface area contributed by atoms with Crippen molar-refractivity contribution in [2.75, 3.05) is 6.61 Å². The fourth-order valence-corrected chi connectivity index (χ4v) is 1.14. The first-order valence-corrected chi connectivity index (χ1v) is 3.47. The molecule has 11 heavy (non-hydrogen) atoms. The third-order valence-corrected chi connectivity index (χ3v) is 1.73. The molecule has 1 aliphatic rings. The van der Waals surface area contributed by atoms with Crippen molar-refractivity contribution >= 4 is 0 Å². The summed E-state index contributed by atoms with van der Waals surface area (Å²) in [6, 6.07) is 0. The Balaban J connectivity index is 2.66. The monoisotopic (exact) mass is 152 g/mol. The van der Waals surface area contributed by atoms with Crippen LogP contribution in [0.1, 0.15) is 5.56 Å². The molecule has 0 aromatic carbocycles. The van der Waals surface area contributed by atoms with Gasteiger partial charge >= 0.3 is 5.69 Å². The van der Waals surface area contributed by atoms with Crippen molar-refractivity contribution in [2.24, 2.45) is 7.05 Å². The van der Waals surface area contributed by atoms with Gasteiger partial charge in [0.15, 0.2) is 0 Å². The van der Waals surface area contributed by atoms with E-state index in [1.165, 1.54) is 4.57 Å². The number of aromatic nitrogens is 2. The van der Waals surface area contributed by atoms with Gasteiger partial charge in [0.25, 0.3) is 0 Å². The first kappa shape index (κ1) is 6.39. The van der Waals surface area contributed by atoms with E-state index in [9.17, 15) is 4.79 Å². The summed E-state index contributed by atoms with van der Waals surface area (Å²) in [5.41, 5.74) is 0.762. The highest BCUT2D eigenvalue weighted by atomic mass is 16.5. The number of rotatable bonds is 0. The van der Waals surface area contributed by atoms with Gasteiger partial charge in [-0.2, -0.15) is 4.98 Å². The molecule has 1 aromatic heterocycles. The third kappa shape index (κ3) is 0.906. The zero-order valence-electron chi connectivity index (χ0n) is 6.20. The highest BCUT2D eigenvalue weighted by Crippen LogP contribution is 2.18. The van der Waals surface area contributed by atoms with Gasteiger partial charge in [-0.1, -0.05) is 0 Å². The lowest BCUT2D eigenvalue weighted by Gasteiger charge is -1.98. The summed E-state index contributed by atoms with van der Waals surface area (Å²) in [5, 5.41) is 0. The van der Waals surface area contributed by atoms with Gasteiger partial charge in [0.2, 0.25) is 5.88 Å². The summed E-state index contributed by atoms with van der Waals surface area (Å²) in [4.78, 5) is 14.7. The minimum atomic E-state index is -0.259. The number of aryl methyl sites for hydroxylation is 1. The summed E-state index contributed by atoms with van der Waals surface area (Å²) < 4.78 is 6.58. The number of nitrogens with zero attached hydrogens (tertiary/aromatic N) is 2. The van der Waals surface area contributed by atoms with E-state index < -0.39 is 0 Å². The molecular formula is C7H8N2O2. The third-order valence-electron chi connectivity index (χ3n) is 1.73. The van der Waals surface area contributed by atoms with Crippen LogP contribution in [0.25, 0.3) is 0 Å². The van der Waals surface area contributed by atoms with Gasteiger partial charge in [-0.25, -0.2) is 4.79 Å². The molecule has 1 aliphatic heterocycles. The van der Waals surface area contributed by atoms with Crippen LogP contribution in [0.4, 0.5) is 0 Å². The van der Waals surface area contributed by atoms with Crippen LogP contribution in [0.2, 0.25) is 0 Å². The van der Waals surface area contributed by atoms with Crippen LogP contribution in [-0.4, -0.2) is 16.2 Å². The Labute approximate surface area is 63.4 Å². The molecule has 1 aromatic rings. The van der Waals surface area contributed by atoms with E-state index in [0.29, 0.717) is 12.5 Å². The van der Waals surface area contributed by atoms with E-state index in [1.807, 2.05) is 0 Å². The Bertz CT molecular complexity index is 343. The van der Waals surface area contributed by atoms with Gasteiger partial charge in [0, 0.05) is 25.2 Å². The van der Waals surface area contributed by atoms with Crippen molar-refractivity contribution in [1.82, 2.24) is 9.55 Å². The van der Waals surface area contributed by atoms with E-state index in [0.717, 1.165) is 12.0 Å². The average Bonchev–Trinajstić information content (AvgIpc) is 2.36. The molecule has 0 radical (unpaired) electrons. The van der Waals surface area contributed by atoms with Crippen molar-refractivity contribution in [2.45, 2.75) is 6.42 Å². The minimum Gasteiger partial charge on any atom is -0.477 e. The van der Waals surface area contributed by atoms with E-state index >= 15 is 0 Å². The molecule has 0 saturated heterocycles. The van der Waals surface area contributed by atoms with Crippen LogP contribution in [0, 0.1) is 0 Å². The maximum Gasteiger partial charge on any atom is 0.350 e. The molecule has 0 spiro atoms. The van der Waals surface area contributed by atoms with Crippen LogP contribution < -0.4 is 10.4 Å². The summed E-state index contributed by atoms with van der Waals surface area (Å²) in [5.74, 6) is 0.508. The lowest BCUT2D eigenvalue weighted by Crippen LogP contribution is -2.19. The molecule has 2 heterocycles. The van der Waals surface area contributed by atoms with Crippen molar-refractivity contribution in [3.05, 3.63) is 22.2 Å². The molecule has 0 amide bonds. The van der Waals surface area contributed by atoms with E-state index in [1.54, 1.807) is 13.2 Å². The van der Waals surface area contributed by atoms with Gasteiger partial charge in [-0.3, -0.25) is 0 Å². The van der Waals surface area contributed by atoms with Gasteiger partial charge in [-0.15, -0.1) is 0 Å². The summed E-state index contributed by atoms with van der Waals surface area (Å²) in [6.07, 6.45) is 2.63. The number of fused-ring (bicyclic) bond motifs is 1. The van der Waals surface area contributed by atoms with Gasteiger partial charge < -0.3 is 9.30 Å². The largest absolute Gasteiger partial charge is 0.477 e. The van der Waals surface area contributed by atoms with Crippen LogP contribution in [-0.2, 0) is 13.5 Å². The van der Waals surface area contributed by atoms with Gasteiger partial charge in [-0.05, 0) is 0 Å². The molecule has 4 nitrogen and oxygen atoms in total. The minimum absolute atomic E-state index is 0.259. The molecule has 0 N–H and O–H groups in total. The SMILES string of the molecule is Cn1cc2c(nc1=O)OCC2. The molecule has 0 unspecified atom stereocenters. The molecule has 2 rings (SSSR count). The number of ether oxygens (including phenoxy) is 1. The van der Waals surface area contributed by atoms with Crippen molar-refractivity contribution in [3.63, 3.8) is 0 Å². The summed E-state index contributed by atoms with van der Waals surface area (Å²) >= 11 is 0. The van der Waals surface area contributed by atoms with E-state index in [2.05, 4.69) is 4.98 Å². The Morgan fingerprint density at radius 2 is 2.55 bits per heavy atom. The topological polar surface area (TPSA) is 44.1 Å². The highest BCUT2D eigenvalue weighted by Gasteiger charge is 2.14. The summed E-state index contributed by atoms with van der Waals surface area (Å²) in [6.45, 7) is 0.645. The molecule has 0 bridgehead atoms. The lowest BCUT2D eigenvalue weighted by atomic mass is 10.3. The highest BCUT2D eigenvalue weighted by molar-refractivity contribution is 5.26. The Morgan fingerprint density at radius 1 is 1.73 bits per heavy atom. The first-order valence-electron chi connectivity index (χ1n) is 3.47. The van der Waals surface area contributed by atoms with Crippen molar-refractivity contribution in [1.29, 1.82) is 0 Å². The molecular weight excluding hydrogens is 144 g/mol. The van der Waals surface area contributed by atoms with Crippen molar-refractivity contribution in [3.8, 4) is 5.88 Å². The maximum atomic E-state index is 11.0. The predicted octanol–water partition coefficient (Wildman–Crippen LogP) is -0.285. The van der Waals surface area contributed by atoms with Crippen LogP contribution in [0.3, 0.4) is 0 Å². The molecule has 4 heteroatoms. The van der Waals surface area contributed by atoms with Crippen molar-refractivity contribution < 1.29 is 4.74 Å². The molecule has 0 saturated carbocycles. The summed E-state index contributed by atoms with van der Waals surface area (Å²) in [7, 11) is 1.69. The quantitative estimate of drug-likeness (QED) is 0.513. The predicted molar refractivity (Wildman–Crippen MR) is 38.7 cm³/mol. The van der Waals surface area contributed by atoms with Crippen LogP contribution >= 0.6 is 0 Å². The Kier molecular flexibility index (Phi) is 1.21. The average molecular weight is 152 g/mol. The Morgan fingerprint density at radius 3 is 3.36 bits per heavy atom. The first-order chi connectivity index (χ1) is 5.27. The smallest absolute Gasteiger partial charge is 0.350 e. The number of hydrogen-bond donors (Lipinski definition) is 0. The van der Waals surface area contributed by atoms with Gasteiger partial charge in [0.1, 0.15) is 0 Å². The number of hydrogen-bond acceptors (Lipinski definition) is 3. The molecule has 0 aliphatic carbocycles. The zero-order valence-corrected chi connectivity index (χ0v) is 6.20. The molecule has 58 valence electrons. The maximum absolute atomic E-state index is 11.0. The normalized spacial score (nSPS) is 14.3. The Hall–Kier alpha value is -1.32.